The van der Waals surface area contributed by atoms with E-state index in [1.54, 1.807) is 4.68 Å². The zero-order valence-electron chi connectivity index (χ0n) is 21.2. The summed E-state index contributed by atoms with van der Waals surface area (Å²) in [5.41, 5.74) is 5.10. The topological polar surface area (TPSA) is 109 Å². The van der Waals surface area contributed by atoms with Crippen molar-refractivity contribution in [1.82, 2.24) is 24.6 Å². The summed E-state index contributed by atoms with van der Waals surface area (Å²) in [6.45, 7) is 7.27. The van der Waals surface area contributed by atoms with Gasteiger partial charge < -0.3 is 20.7 Å². The highest BCUT2D eigenvalue weighted by Gasteiger charge is 2.15. The minimum absolute atomic E-state index is 0.286. The predicted octanol–water partition coefficient (Wildman–Crippen LogP) is 3.98. The number of fused-ring (bicyclic) bond motifs is 1. The molecular formula is C27H32N8O2. The van der Waals surface area contributed by atoms with Gasteiger partial charge in [-0.2, -0.15) is 10.1 Å². The summed E-state index contributed by atoms with van der Waals surface area (Å²) >= 11 is 0. The van der Waals surface area contributed by atoms with E-state index < -0.39 is 0 Å². The number of hydrogen-bond acceptors (Lipinski definition) is 7. The highest BCUT2D eigenvalue weighted by molar-refractivity contribution is 6.00. The molecule has 2 aromatic heterocycles. The van der Waals surface area contributed by atoms with Crippen LogP contribution in [0.4, 0.5) is 22.1 Å². The quantitative estimate of drug-likeness (QED) is 0.336. The van der Waals surface area contributed by atoms with E-state index in [1.165, 1.54) is 5.56 Å². The standard InChI is InChI=1S/C27H32N8O2/c1-3-19-5-4-6-22(17-19)31-27(36)30-21-9-7-20(8-10-21)24-23-18-29-26(32-25(23)34(2)33-24)28-11-12-35-13-15-37-16-14-35/h4-10,17-18H,3,11-16H2,1-2H3,(H,28,29,32)(H2,30,31,36). The second kappa shape index (κ2) is 11.4. The molecule has 192 valence electrons. The third kappa shape index (κ3) is 6.04. The normalized spacial score (nSPS) is 14.0. The second-order valence-corrected chi connectivity index (χ2v) is 8.99. The van der Waals surface area contributed by atoms with Gasteiger partial charge in [0.25, 0.3) is 0 Å². The van der Waals surface area contributed by atoms with Gasteiger partial charge in [-0.05, 0) is 36.2 Å². The highest BCUT2D eigenvalue weighted by Crippen LogP contribution is 2.28. The van der Waals surface area contributed by atoms with Crippen molar-refractivity contribution < 1.29 is 9.53 Å². The zero-order chi connectivity index (χ0) is 25.6. The smallest absolute Gasteiger partial charge is 0.323 e. The lowest BCUT2D eigenvalue weighted by Crippen LogP contribution is -2.39. The minimum Gasteiger partial charge on any atom is -0.379 e. The zero-order valence-corrected chi connectivity index (χ0v) is 21.2. The summed E-state index contributed by atoms with van der Waals surface area (Å²) in [6, 6.07) is 15.1. The number of amides is 2. The Hall–Kier alpha value is -4.02. The number of hydrogen-bond donors (Lipinski definition) is 3. The molecule has 2 amide bonds. The molecule has 0 unspecified atom stereocenters. The van der Waals surface area contributed by atoms with Crippen LogP contribution in [0.5, 0.6) is 0 Å². The molecule has 1 aliphatic heterocycles. The number of nitrogens with one attached hydrogen (secondary N) is 3. The number of carbonyl (C=O) groups is 1. The fourth-order valence-corrected chi connectivity index (χ4v) is 4.36. The molecule has 3 heterocycles. The maximum absolute atomic E-state index is 12.4. The fourth-order valence-electron chi connectivity index (χ4n) is 4.36. The maximum atomic E-state index is 12.4. The van der Waals surface area contributed by atoms with Gasteiger partial charge in [-0.25, -0.2) is 14.5 Å². The Labute approximate surface area is 216 Å². The molecule has 1 saturated heterocycles. The minimum atomic E-state index is -0.286. The Morgan fingerprint density at radius 3 is 2.62 bits per heavy atom. The number of benzene rings is 2. The van der Waals surface area contributed by atoms with E-state index in [1.807, 2.05) is 61.8 Å². The number of ether oxygens (including phenoxy) is 1. The average Bonchev–Trinajstić information content (AvgIpc) is 3.25. The van der Waals surface area contributed by atoms with Gasteiger partial charge in [-0.15, -0.1) is 0 Å². The molecule has 10 heteroatoms. The second-order valence-electron chi connectivity index (χ2n) is 8.99. The number of rotatable bonds is 8. The summed E-state index contributed by atoms with van der Waals surface area (Å²) in [6.07, 6.45) is 2.73. The molecule has 0 atom stereocenters. The van der Waals surface area contributed by atoms with Crippen LogP contribution in [0, 0.1) is 0 Å². The first-order chi connectivity index (χ1) is 18.1. The van der Waals surface area contributed by atoms with Crippen molar-refractivity contribution in [3.05, 3.63) is 60.3 Å². The Balaban J connectivity index is 1.22. The average molecular weight is 501 g/mol. The number of aromatic nitrogens is 4. The van der Waals surface area contributed by atoms with Crippen molar-refractivity contribution in [3.63, 3.8) is 0 Å². The Morgan fingerprint density at radius 2 is 1.84 bits per heavy atom. The lowest BCUT2D eigenvalue weighted by Gasteiger charge is -2.26. The van der Waals surface area contributed by atoms with Crippen LogP contribution in [0.15, 0.2) is 54.7 Å². The van der Waals surface area contributed by atoms with E-state index in [0.717, 1.165) is 73.8 Å². The molecule has 0 saturated carbocycles. The molecule has 4 aromatic rings. The first kappa shape index (κ1) is 24.7. The molecule has 3 N–H and O–H groups in total. The van der Waals surface area contributed by atoms with E-state index in [-0.39, 0.29) is 6.03 Å². The number of morpholine rings is 1. The number of carbonyl (C=O) groups excluding carboxylic acids is 1. The number of aryl methyl sites for hydroxylation is 2. The maximum Gasteiger partial charge on any atom is 0.323 e. The first-order valence-corrected chi connectivity index (χ1v) is 12.6. The number of urea groups is 1. The fraction of sp³-hybridized carbons (Fsp3) is 0.333. The first-order valence-electron chi connectivity index (χ1n) is 12.6. The van der Waals surface area contributed by atoms with Gasteiger partial charge >= 0.3 is 6.03 Å². The molecular weight excluding hydrogens is 468 g/mol. The third-order valence-electron chi connectivity index (χ3n) is 6.40. The molecule has 37 heavy (non-hydrogen) atoms. The van der Waals surface area contributed by atoms with E-state index >= 15 is 0 Å². The lowest BCUT2D eigenvalue weighted by atomic mass is 10.1. The van der Waals surface area contributed by atoms with Gasteiger partial charge in [0.2, 0.25) is 5.95 Å². The van der Waals surface area contributed by atoms with Gasteiger partial charge in [0, 0.05) is 56.4 Å². The van der Waals surface area contributed by atoms with Crippen LogP contribution in [-0.4, -0.2) is 70.1 Å². The van der Waals surface area contributed by atoms with Gasteiger partial charge in [-0.3, -0.25) is 4.90 Å². The van der Waals surface area contributed by atoms with E-state index in [9.17, 15) is 4.79 Å². The van der Waals surface area contributed by atoms with Gasteiger partial charge in [0.1, 0.15) is 5.69 Å². The van der Waals surface area contributed by atoms with Gasteiger partial charge in [0.15, 0.2) is 5.65 Å². The van der Waals surface area contributed by atoms with E-state index in [4.69, 9.17) is 4.74 Å². The van der Waals surface area contributed by atoms with Crippen LogP contribution in [0.2, 0.25) is 0 Å². The molecule has 1 fully saturated rings. The molecule has 5 rings (SSSR count). The monoisotopic (exact) mass is 500 g/mol. The molecule has 1 aliphatic rings. The molecule has 0 bridgehead atoms. The largest absolute Gasteiger partial charge is 0.379 e. The molecule has 2 aromatic carbocycles. The molecule has 10 nitrogen and oxygen atoms in total. The summed E-state index contributed by atoms with van der Waals surface area (Å²) in [5.74, 6) is 0.588. The van der Waals surface area contributed by atoms with Crippen LogP contribution in [0.3, 0.4) is 0 Å². The predicted molar refractivity (Wildman–Crippen MR) is 146 cm³/mol. The number of anilines is 3. The van der Waals surface area contributed by atoms with Gasteiger partial charge in [0.05, 0.1) is 18.6 Å². The van der Waals surface area contributed by atoms with Crippen molar-refractivity contribution in [2.45, 2.75) is 13.3 Å². The van der Waals surface area contributed by atoms with Crippen LogP contribution >= 0.6 is 0 Å². The van der Waals surface area contributed by atoms with Crippen LogP contribution in [0.25, 0.3) is 22.3 Å². The summed E-state index contributed by atoms with van der Waals surface area (Å²) in [4.78, 5) is 24.0. The Bertz CT molecular complexity index is 1360. The highest BCUT2D eigenvalue weighted by atomic mass is 16.5. The summed E-state index contributed by atoms with van der Waals surface area (Å²) in [7, 11) is 1.88. The van der Waals surface area contributed by atoms with Crippen molar-refractivity contribution in [3.8, 4) is 11.3 Å². The van der Waals surface area contributed by atoms with E-state index in [0.29, 0.717) is 11.6 Å². The molecule has 0 aliphatic carbocycles. The third-order valence-corrected chi connectivity index (χ3v) is 6.40. The van der Waals surface area contributed by atoms with Crippen molar-refractivity contribution in [2.75, 3.05) is 55.3 Å². The number of nitrogens with zero attached hydrogens (tertiary/aromatic N) is 5. The summed E-state index contributed by atoms with van der Waals surface area (Å²) < 4.78 is 7.17. The lowest BCUT2D eigenvalue weighted by molar-refractivity contribution is 0.0398. The van der Waals surface area contributed by atoms with Crippen molar-refractivity contribution in [2.24, 2.45) is 7.05 Å². The van der Waals surface area contributed by atoms with E-state index in [2.05, 4.69) is 42.8 Å². The summed E-state index contributed by atoms with van der Waals surface area (Å²) in [5, 5.41) is 14.6. The van der Waals surface area contributed by atoms with Crippen LogP contribution < -0.4 is 16.0 Å². The Kier molecular flexibility index (Phi) is 7.57. The van der Waals surface area contributed by atoms with Crippen molar-refractivity contribution >= 4 is 34.4 Å². The van der Waals surface area contributed by atoms with Gasteiger partial charge in [-0.1, -0.05) is 31.2 Å². The molecule has 0 radical (unpaired) electrons. The Morgan fingerprint density at radius 1 is 1.05 bits per heavy atom. The van der Waals surface area contributed by atoms with Crippen LogP contribution in [0.1, 0.15) is 12.5 Å². The van der Waals surface area contributed by atoms with Crippen LogP contribution in [-0.2, 0) is 18.2 Å². The SMILES string of the molecule is CCc1cccc(NC(=O)Nc2ccc(-c3nn(C)c4nc(NCCN5CCOCC5)ncc34)cc2)c1. The molecule has 0 spiro atoms. The van der Waals surface area contributed by atoms with Crippen molar-refractivity contribution in [1.29, 1.82) is 0 Å².